The fourth-order valence-corrected chi connectivity index (χ4v) is 3.38. The van der Waals surface area contributed by atoms with Crippen molar-refractivity contribution in [3.05, 3.63) is 28.3 Å². The highest BCUT2D eigenvalue weighted by Gasteiger charge is 2.41. The van der Waals surface area contributed by atoms with Crippen LogP contribution in [-0.2, 0) is 9.47 Å². The van der Waals surface area contributed by atoms with Crippen LogP contribution in [0.15, 0.2) is 12.1 Å². The molecule has 3 rings (SSSR count). The van der Waals surface area contributed by atoms with E-state index in [9.17, 15) is 4.79 Å². The Bertz CT molecular complexity index is 589. The van der Waals surface area contributed by atoms with Crippen LogP contribution in [0.1, 0.15) is 35.7 Å². The maximum absolute atomic E-state index is 12.8. The Morgan fingerprint density at radius 2 is 1.96 bits per heavy atom. The number of halogens is 1. The highest BCUT2D eigenvalue weighted by molar-refractivity contribution is 6.32. The molecule has 1 amide bonds. The minimum absolute atomic E-state index is 0.000274. The molecule has 2 aliphatic heterocycles. The maximum Gasteiger partial charge on any atom is 0.254 e. The molecule has 0 unspecified atom stereocenters. The molecule has 2 saturated heterocycles. The summed E-state index contributed by atoms with van der Waals surface area (Å²) in [6.45, 7) is 6.89. The molecule has 0 saturated carbocycles. The van der Waals surface area contributed by atoms with Crippen LogP contribution in [0.5, 0.6) is 5.75 Å². The summed E-state index contributed by atoms with van der Waals surface area (Å²) in [5, 5.41) is 0.469. The third-order valence-electron chi connectivity index (χ3n) is 4.44. The first-order valence-electron chi connectivity index (χ1n) is 8.05. The molecule has 0 bridgehead atoms. The SMILES string of the molecule is CCOc1cc(C)c(C(=O)N2CCC3(CC2)OCCO3)cc1Cl. The van der Waals surface area contributed by atoms with Crippen LogP contribution in [0, 0.1) is 6.92 Å². The van der Waals surface area contributed by atoms with Gasteiger partial charge in [0.15, 0.2) is 5.79 Å². The first-order valence-corrected chi connectivity index (χ1v) is 8.42. The quantitative estimate of drug-likeness (QED) is 0.849. The maximum atomic E-state index is 12.8. The number of hydrogen-bond acceptors (Lipinski definition) is 4. The molecule has 0 aliphatic carbocycles. The topological polar surface area (TPSA) is 48.0 Å². The number of ether oxygens (including phenoxy) is 3. The molecular weight excluding hydrogens is 318 g/mol. The largest absolute Gasteiger partial charge is 0.492 e. The predicted octanol–water partition coefficient (Wildman–Crippen LogP) is 3.03. The van der Waals surface area contributed by atoms with Gasteiger partial charge in [-0.3, -0.25) is 4.79 Å². The van der Waals surface area contributed by atoms with Crippen LogP contribution in [0.3, 0.4) is 0 Å². The second kappa shape index (κ2) is 6.67. The number of aryl methyl sites for hydroxylation is 1. The van der Waals surface area contributed by atoms with E-state index in [0.717, 1.165) is 5.56 Å². The van der Waals surface area contributed by atoms with Gasteiger partial charge >= 0.3 is 0 Å². The van der Waals surface area contributed by atoms with Gasteiger partial charge in [-0.1, -0.05) is 11.6 Å². The van der Waals surface area contributed by atoms with Crippen LogP contribution in [-0.4, -0.2) is 49.5 Å². The van der Waals surface area contributed by atoms with Crippen molar-refractivity contribution in [3.8, 4) is 5.75 Å². The van der Waals surface area contributed by atoms with Crippen molar-refractivity contribution >= 4 is 17.5 Å². The standard InChI is InChI=1S/C17H22ClNO4/c1-3-21-15-10-12(2)13(11-14(15)18)16(20)19-6-4-17(5-7-19)22-8-9-23-17/h10-11H,3-9H2,1-2H3. The molecule has 2 fully saturated rings. The van der Waals surface area contributed by atoms with Crippen molar-refractivity contribution in [2.45, 2.75) is 32.5 Å². The van der Waals surface area contributed by atoms with E-state index in [-0.39, 0.29) is 5.91 Å². The van der Waals surface area contributed by atoms with Crippen LogP contribution < -0.4 is 4.74 Å². The number of amides is 1. The molecule has 2 aliphatic rings. The molecule has 1 spiro atoms. The molecule has 6 heteroatoms. The summed E-state index contributed by atoms with van der Waals surface area (Å²) >= 11 is 6.23. The van der Waals surface area contributed by atoms with Gasteiger partial charge in [0.25, 0.3) is 5.91 Å². The lowest BCUT2D eigenvalue weighted by Crippen LogP contribution is -2.47. The molecule has 0 radical (unpaired) electrons. The Labute approximate surface area is 141 Å². The van der Waals surface area contributed by atoms with Crippen LogP contribution in [0.2, 0.25) is 5.02 Å². The van der Waals surface area contributed by atoms with Crippen molar-refractivity contribution in [3.63, 3.8) is 0 Å². The van der Waals surface area contributed by atoms with E-state index in [0.29, 0.717) is 62.1 Å². The number of hydrogen-bond donors (Lipinski definition) is 0. The number of carbonyl (C=O) groups excluding carboxylic acids is 1. The number of carbonyl (C=O) groups is 1. The average molecular weight is 340 g/mol. The third kappa shape index (κ3) is 3.32. The highest BCUT2D eigenvalue weighted by Crippen LogP contribution is 2.33. The molecule has 0 aromatic heterocycles. The summed E-state index contributed by atoms with van der Waals surface area (Å²) in [5.41, 5.74) is 1.50. The first kappa shape index (κ1) is 16.6. The summed E-state index contributed by atoms with van der Waals surface area (Å²) in [4.78, 5) is 14.6. The van der Waals surface area contributed by atoms with Crippen LogP contribution in [0.25, 0.3) is 0 Å². The molecule has 23 heavy (non-hydrogen) atoms. The molecule has 0 N–H and O–H groups in total. The van der Waals surface area contributed by atoms with Gasteiger partial charge in [-0.25, -0.2) is 0 Å². The van der Waals surface area contributed by atoms with E-state index in [4.69, 9.17) is 25.8 Å². The molecule has 2 heterocycles. The highest BCUT2D eigenvalue weighted by atomic mass is 35.5. The Morgan fingerprint density at radius 3 is 2.57 bits per heavy atom. The van der Waals surface area contributed by atoms with Gasteiger partial charge in [0.05, 0.1) is 24.8 Å². The summed E-state index contributed by atoms with van der Waals surface area (Å²) in [6.07, 6.45) is 1.42. The van der Waals surface area contributed by atoms with E-state index in [1.807, 2.05) is 24.8 Å². The van der Waals surface area contributed by atoms with E-state index in [1.54, 1.807) is 6.07 Å². The zero-order valence-electron chi connectivity index (χ0n) is 13.6. The zero-order valence-corrected chi connectivity index (χ0v) is 14.3. The minimum Gasteiger partial charge on any atom is -0.492 e. The molecule has 5 nitrogen and oxygen atoms in total. The Balaban J connectivity index is 1.72. The van der Waals surface area contributed by atoms with Crippen molar-refractivity contribution in [1.82, 2.24) is 4.90 Å². The van der Waals surface area contributed by atoms with Gasteiger partial charge in [0.2, 0.25) is 0 Å². The number of benzene rings is 1. The lowest BCUT2D eigenvalue weighted by molar-refractivity contribution is -0.181. The van der Waals surface area contributed by atoms with Gasteiger partial charge in [-0.05, 0) is 31.5 Å². The molecule has 0 atom stereocenters. The number of nitrogens with zero attached hydrogens (tertiary/aromatic N) is 1. The predicted molar refractivity (Wildman–Crippen MR) is 87.1 cm³/mol. The van der Waals surface area contributed by atoms with Gasteiger partial charge in [-0.15, -0.1) is 0 Å². The summed E-state index contributed by atoms with van der Waals surface area (Å²) in [6, 6.07) is 3.53. The first-order chi connectivity index (χ1) is 11.0. The lowest BCUT2D eigenvalue weighted by Gasteiger charge is -2.37. The fourth-order valence-electron chi connectivity index (χ4n) is 3.16. The molecular formula is C17H22ClNO4. The number of likely N-dealkylation sites (tertiary alicyclic amines) is 1. The number of rotatable bonds is 3. The Kier molecular flexibility index (Phi) is 4.80. The molecule has 126 valence electrons. The van der Waals surface area contributed by atoms with Crippen molar-refractivity contribution in [1.29, 1.82) is 0 Å². The van der Waals surface area contributed by atoms with Crippen molar-refractivity contribution < 1.29 is 19.0 Å². The summed E-state index contributed by atoms with van der Waals surface area (Å²) in [7, 11) is 0. The van der Waals surface area contributed by atoms with E-state index < -0.39 is 5.79 Å². The number of piperidine rings is 1. The summed E-state index contributed by atoms with van der Waals surface area (Å²) in [5.74, 6) is 0.149. The van der Waals surface area contributed by atoms with Gasteiger partial charge in [-0.2, -0.15) is 0 Å². The van der Waals surface area contributed by atoms with Gasteiger partial charge in [0, 0.05) is 31.5 Å². The van der Waals surface area contributed by atoms with Gasteiger partial charge < -0.3 is 19.1 Å². The summed E-state index contributed by atoms with van der Waals surface area (Å²) < 4.78 is 16.9. The van der Waals surface area contributed by atoms with Crippen LogP contribution in [0.4, 0.5) is 0 Å². The smallest absolute Gasteiger partial charge is 0.254 e. The van der Waals surface area contributed by atoms with Gasteiger partial charge in [0.1, 0.15) is 5.75 Å². The Morgan fingerprint density at radius 1 is 1.30 bits per heavy atom. The van der Waals surface area contributed by atoms with E-state index >= 15 is 0 Å². The second-order valence-corrected chi connectivity index (χ2v) is 6.34. The Hall–Kier alpha value is -1.30. The van der Waals surface area contributed by atoms with Crippen molar-refractivity contribution in [2.75, 3.05) is 32.9 Å². The molecule has 1 aromatic carbocycles. The van der Waals surface area contributed by atoms with Crippen LogP contribution >= 0.6 is 11.6 Å². The minimum atomic E-state index is -0.470. The zero-order chi connectivity index (χ0) is 16.4. The second-order valence-electron chi connectivity index (χ2n) is 5.93. The average Bonchev–Trinajstić information content (AvgIpc) is 2.99. The van der Waals surface area contributed by atoms with Crippen molar-refractivity contribution in [2.24, 2.45) is 0 Å². The third-order valence-corrected chi connectivity index (χ3v) is 4.73. The normalized spacial score (nSPS) is 20.0. The molecule has 1 aromatic rings. The van der Waals surface area contributed by atoms with E-state index in [2.05, 4.69) is 0 Å². The monoisotopic (exact) mass is 339 g/mol. The lowest BCUT2D eigenvalue weighted by atomic mass is 10.0. The fraction of sp³-hybridized carbons (Fsp3) is 0.588. The van der Waals surface area contributed by atoms with E-state index in [1.165, 1.54) is 0 Å².